The molecule has 1 heterocycles. The minimum Gasteiger partial charge on any atom is -0.489 e. The zero-order valence-electron chi connectivity index (χ0n) is 24.4. The number of ketones is 1. The summed E-state index contributed by atoms with van der Waals surface area (Å²) in [6.45, 7) is 6.20. The van der Waals surface area contributed by atoms with E-state index in [0.29, 0.717) is 38.0 Å². The number of rotatable bonds is 12. The van der Waals surface area contributed by atoms with E-state index in [0.717, 1.165) is 46.0 Å². The lowest BCUT2D eigenvalue weighted by Gasteiger charge is -2.23. The van der Waals surface area contributed by atoms with E-state index < -0.39 is 12.0 Å². The molecular weight excluding hydrogens is 548 g/mol. The van der Waals surface area contributed by atoms with Gasteiger partial charge in [0.15, 0.2) is 0 Å². The van der Waals surface area contributed by atoms with E-state index in [2.05, 4.69) is 5.32 Å². The van der Waals surface area contributed by atoms with Crippen LogP contribution in [0.15, 0.2) is 77.2 Å². The fourth-order valence-electron chi connectivity index (χ4n) is 4.88. The molecule has 1 N–H and O–H groups in total. The summed E-state index contributed by atoms with van der Waals surface area (Å²) in [6, 6.07) is 17.4. The number of hydrogen-bond acceptors (Lipinski definition) is 7. The van der Waals surface area contributed by atoms with Crippen LogP contribution in [0.5, 0.6) is 5.75 Å². The number of nitrogens with zero attached hydrogens (tertiary/aromatic N) is 1. The Balaban J connectivity index is 1.50. The molecule has 0 aliphatic heterocycles. The minimum absolute atomic E-state index is 0.0135. The largest absolute Gasteiger partial charge is 0.489 e. The minimum atomic E-state index is -0.604. The Kier molecular flexibility index (Phi) is 11.2. The fourth-order valence-corrected chi connectivity index (χ4v) is 5.71. The highest BCUT2D eigenvalue weighted by molar-refractivity contribution is 7.09. The summed E-state index contributed by atoms with van der Waals surface area (Å²) in [4.78, 5) is 42.5. The number of thiazole rings is 1. The number of nitrogens with one attached hydrogen (secondary N) is 1. The molecule has 1 saturated carbocycles. The van der Waals surface area contributed by atoms with Crippen LogP contribution in [0.2, 0.25) is 0 Å². The Morgan fingerprint density at radius 1 is 1.07 bits per heavy atom. The van der Waals surface area contributed by atoms with Crippen molar-refractivity contribution < 1.29 is 23.9 Å². The molecule has 2 atom stereocenters. The van der Waals surface area contributed by atoms with Crippen molar-refractivity contribution in [2.75, 3.05) is 6.61 Å². The molecule has 8 heteroatoms. The third kappa shape index (κ3) is 8.98. The number of allylic oxidation sites excluding steroid dienone is 2. The van der Waals surface area contributed by atoms with Crippen molar-refractivity contribution in [3.8, 4) is 5.75 Å². The first-order chi connectivity index (χ1) is 20.3. The van der Waals surface area contributed by atoms with Crippen LogP contribution in [0.4, 0.5) is 0 Å². The molecule has 1 aliphatic rings. The summed E-state index contributed by atoms with van der Waals surface area (Å²) in [5, 5.41) is 5.81. The van der Waals surface area contributed by atoms with Crippen LogP contribution >= 0.6 is 11.3 Å². The molecule has 1 aromatic heterocycles. The van der Waals surface area contributed by atoms with Gasteiger partial charge in [0.2, 0.25) is 5.91 Å². The number of esters is 1. The summed E-state index contributed by atoms with van der Waals surface area (Å²) in [5.74, 6) is -0.406. The van der Waals surface area contributed by atoms with Gasteiger partial charge in [-0.3, -0.25) is 9.59 Å². The number of hydrogen-bond donors (Lipinski definition) is 1. The van der Waals surface area contributed by atoms with Gasteiger partial charge in [0.25, 0.3) is 0 Å². The summed E-state index contributed by atoms with van der Waals surface area (Å²) < 4.78 is 11.0. The van der Waals surface area contributed by atoms with Crippen LogP contribution in [0, 0.1) is 5.92 Å². The average molecular weight is 587 g/mol. The molecule has 0 radical (unpaired) electrons. The lowest BCUT2D eigenvalue weighted by atomic mass is 9.87. The Bertz CT molecular complexity index is 1430. The first kappa shape index (κ1) is 30.9. The second-order valence-corrected chi connectivity index (χ2v) is 11.4. The number of Topliss-reactive ketones (excluding diaryl/α,β-unsaturated/α-hetero) is 1. The average Bonchev–Trinajstić information content (AvgIpc) is 3.45. The monoisotopic (exact) mass is 586 g/mol. The number of ether oxygens (including phenoxy) is 2. The number of carbonyl (C=O) groups excluding carboxylic acids is 3. The predicted molar refractivity (Wildman–Crippen MR) is 165 cm³/mol. The summed E-state index contributed by atoms with van der Waals surface area (Å²) in [5.41, 5.74) is 4.21. The van der Waals surface area contributed by atoms with Crippen molar-refractivity contribution in [1.29, 1.82) is 0 Å². The van der Waals surface area contributed by atoms with Gasteiger partial charge in [0, 0.05) is 17.4 Å². The maximum atomic E-state index is 13.2. The van der Waals surface area contributed by atoms with Crippen molar-refractivity contribution in [1.82, 2.24) is 10.3 Å². The molecule has 1 aliphatic carbocycles. The molecule has 0 saturated heterocycles. The van der Waals surface area contributed by atoms with Gasteiger partial charge >= 0.3 is 5.97 Å². The van der Waals surface area contributed by atoms with Crippen LogP contribution < -0.4 is 10.1 Å². The van der Waals surface area contributed by atoms with Gasteiger partial charge in [-0.1, -0.05) is 48.9 Å². The van der Waals surface area contributed by atoms with E-state index in [-0.39, 0.29) is 17.7 Å². The molecular formula is C34H38N2O5S. The quantitative estimate of drug-likeness (QED) is 0.109. The maximum absolute atomic E-state index is 13.2. The normalized spacial score (nSPS) is 16.5. The Hall–Kier alpha value is -4.04. The topological polar surface area (TPSA) is 94.6 Å². The smallest absolute Gasteiger partial charge is 0.333 e. The zero-order chi connectivity index (χ0) is 29.9. The van der Waals surface area contributed by atoms with Gasteiger partial charge in [0.1, 0.15) is 23.1 Å². The van der Waals surface area contributed by atoms with Gasteiger partial charge < -0.3 is 14.8 Å². The zero-order valence-corrected chi connectivity index (χ0v) is 25.2. The highest BCUT2D eigenvalue weighted by Gasteiger charge is 2.31. The van der Waals surface area contributed by atoms with Crippen LogP contribution in [0.3, 0.4) is 0 Å². The standard InChI is InChI=1S/C34H38N2O5S/c1-4-40-34(39)24(3)18-23(2)19-27-22-42-33(35-27)30(36-32(38)29-12-8-9-13-31(29)37)20-25-14-16-28(17-15-25)41-21-26-10-6-5-7-11-26/h5-7,10-11,14-19,22,29-30H,4,8-9,12-13,20-21H2,1-3H3,(H,36,38)/t29?,30-/m0/s1. The first-order valence-electron chi connectivity index (χ1n) is 14.4. The number of amides is 1. The van der Waals surface area contributed by atoms with Gasteiger partial charge in [-0.05, 0) is 81.0 Å². The van der Waals surface area contributed by atoms with Crippen molar-refractivity contribution in [3.05, 3.63) is 99.0 Å². The molecule has 0 spiro atoms. The van der Waals surface area contributed by atoms with E-state index in [1.807, 2.05) is 73.0 Å². The van der Waals surface area contributed by atoms with E-state index in [1.165, 1.54) is 11.3 Å². The molecule has 220 valence electrons. The highest BCUT2D eigenvalue weighted by atomic mass is 32.1. The van der Waals surface area contributed by atoms with Gasteiger partial charge in [-0.25, -0.2) is 9.78 Å². The first-order valence-corrected chi connectivity index (χ1v) is 15.3. The second-order valence-electron chi connectivity index (χ2n) is 10.5. The van der Waals surface area contributed by atoms with Gasteiger partial charge in [-0.15, -0.1) is 11.3 Å². The van der Waals surface area contributed by atoms with Gasteiger partial charge in [-0.2, -0.15) is 0 Å². The lowest BCUT2D eigenvalue weighted by molar-refractivity contribution is -0.138. The number of aromatic nitrogens is 1. The van der Waals surface area contributed by atoms with Crippen molar-refractivity contribution in [3.63, 3.8) is 0 Å². The lowest BCUT2D eigenvalue weighted by Crippen LogP contribution is -2.39. The van der Waals surface area contributed by atoms with Crippen molar-refractivity contribution >= 4 is 35.1 Å². The molecule has 4 rings (SSSR count). The van der Waals surface area contributed by atoms with E-state index in [4.69, 9.17) is 14.5 Å². The SMILES string of the molecule is CCOC(=O)C(C)=CC(C)=Cc1csc([C@H](Cc2ccc(OCc3ccccc3)cc2)NC(=O)C2CCCCC2=O)n1. The van der Waals surface area contributed by atoms with Crippen LogP contribution in [-0.2, 0) is 32.1 Å². The molecule has 1 amide bonds. The fraction of sp³-hybridized carbons (Fsp3) is 0.353. The number of benzene rings is 2. The summed E-state index contributed by atoms with van der Waals surface area (Å²) in [6.07, 6.45) is 6.94. The Morgan fingerprint density at radius 3 is 2.55 bits per heavy atom. The highest BCUT2D eigenvalue weighted by Crippen LogP contribution is 2.27. The molecule has 42 heavy (non-hydrogen) atoms. The maximum Gasteiger partial charge on any atom is 0.333 e. The van der Waals surface area contributed by atoms with Gasteiger partial charge in [0.05, 0.1) is 24.3 Å². The third-order valence-electron chi connectivity index (χ3n) is 7.05. The Labute approximate surface area is 251 Å². The molecule has 2 aromatic carbocycles. The van der Waals surface area contributed by atoms with E-state index in [9.17, 15) is 14.4 Å². The predicted octanol–water partition coefficient (Wildman–Crippen LogP) is 6.79. The van der Waals surface area contributed by atoms with Crippen LogP contribution in [0.25, 0.3) is 6.08 Å². The summed E-state index contributed by atoms with van der Waals surface area (Å²) >= 11 is 1.46. The third-order valence-corrected chi connectivity index (χ3v) is 8.03. The number of carbonyl (C=O) groups is 3. The van der Waals surface area contributed by atoms with Crippen molar-refractivity contribution in [2.24, 2.45) is 5.92 Å². The molecule has 1 unspecified atom stereocenters. The van der Waals surface area contributed by atoms with E-state index >= 15 is 0 Å². The molecule has 7 nitrogen and oxygen atoms in total. The second kappa shape index (κ2) is 15.3. The van der Waals surface area contributed by atoms with Crippen LogP contribution in [-0.4, -0.2) is 29.3 Å². The molecule has 3 aromatic rings. The van der Waals surface area contributed by atoms with E-state index in [1.54, 1.807) is 19.9 Å². The summed E-state index contributed by atoms with van der Waals surface area (Å²) in [7, 11) is 0. The van der Waals surface area contributed by atoms with Crippen LogP contribution in [0.1, 0.15) is 74.3 Å². The Morgan fingerprint density at radius 2 is 1.83 bits per heavy atom. The molecule has 1 fully saturated rings. The molecule has 0 bridgehead atoms. The van der Waals surface area contributed by atoms with Crippen molar-refractivity contribution in [2.45, 2.75) is 65.5 Å².